The van der Waals surface area contributed by atoms with Crippen molar-refractivity contribution in [3.63, 3.8) is 0 Å². The molecule has 0 aliphatic carbocycles. The van der Waals surface area contributed by atoms with Crippen molar-refractivity contribution in [1.29, 1.82) is 0 Å². The molecule has 2 N–H and O–H groups in total. The summed E-state index contributed by atoms with van der Waals surface area (Å²) in [4.78, 5) is 9.55. The van der Waals surface area contributed by atoms with E-state index in [4.69, 9.17) is 12.2 Å². The summed E-state index contributed by atoms with van der Waals surface area (Å²) in [6.07, 6.45) is 3.04. The minimum absolute atomic E-state index is 0.477. The van der Waals surface area contributed by atoms with Crippen LogP contribution in [0.5, 0.6) is 0 Å². The number of aromatic nitrogens is 4. The van der Waals surface area contributed by atoms with Crippen molar-refractivity contribution in [2.45, 2.75) is 19.1 Å². The van der Waals surface area contributed by atoms with Crippen LogP contribution >= 0.6 is 35.3 Å². The normalized spacial score (nSPS) is 10.8. The van der Waals surface area contributed by atoms with Gasteiger partial charge in [0.05, 0.1) is 4.88 Å². The number of H-pyrrole nitrogens is 2. The largest absolute Gasteiger partial charge is 0.281 e. The molecule has 0 atom stereocenters. The SMILES string of the molecule is CCCSCc1ncc(-c2nc(=S)[nH][nH]2)s1. The number of nitrogens with one attached hydrogen (secondary N) is 2. The molecule has 86 valence electrons. The number of aromatic amines is 2. The standard InChI is InChI=1S/C9H12N4S3/c1-2-3-15-5-7-10-4-6(16-7)8-11-9(14)13-12-8/h4H,2-3,5H2,1H3,(H2,11,12,13,14). The fourth-order valence-corrected chi connectivity index (χ4v) is 3.15. The maximum absolute atomic E-state index is 4.91. The molecule has 0 amide bonds. The Morgan fingerprint density at radius 2 is 2.38 bits per heavy atom. The first-order valence-corrected chi connectivity index (χ1v) is 7.35. The molecule has 2 rings (SSSR count). The molecule has 0 aliphatic heterocycles. The Morgan fingerprint density at radius 3 is 3.06 bits per heavy atom. The van der Waals surface area contributed by atoms with Gasteiger partial charge in [0.15, 0.2) is 5.82 Å². The molecule has 7 heteroatoms. The van der Waals surface area contributed by atoms with Crippen molar-refractivity contribution < 1.29 is 0 Å². The van der Waals surface area contributed by atoms with Crippen LogP contribution in [0.2, 0.25) is 0 Å². The van der Waals surface area contributed by atoms with E-state index in [1.165, 1.54) is 12.2 Å². The Kier molecular flexibility index (Phi) is 4.14. The van der Waals surface area contributed by atoms with Gasteiger partial charge in [0.25, 0.3) is 0 Å². The molecule has 2 aromatic heterocycles. The molecule has 0 unspecified atom stereocenters. The number of thioether (sulfide) groups is 1. The van der Waals surface area contributed by atoms with Crippen molar-refractivity contribution >= 4 is 35.3 Å². The van der Waals surface area contributed by atoms with Crippen LogP contribution in [0.4, 0.5) is 0 Å². The van der Waals surface area contributed by atoms with Gasteiger partial charge >= 0.3 is 0 Å². The van der Waals surface area contributed by atoms with Gasteiger partial charge in [-0.25, -0.2) is 4.98 Å². The number of nitrogens with zero attached hydrogens (tertiary/aromatic N) is 2. The van der Waals surface area contributed by atoms with E-state index in [9.17, 15) is 0 Å². The van der Waals surface area contributed by atoms with Gasteiger partial charge in [-0.3, -0.25) is 10.2 Å². The van der Waals surface area contributed by atoms with Crippen molar-refractivity contribution in [2.24, 2.45) is 0 Å². The van der Waals surface area contributed by atoms with Gasteiger partial charge in [-0.05, 0) is 24.4 Å². The molecule has 4 nitrogen and oxygen atoms in total. The van der Waals surface area contributed by atoms with Crippen LogP contribution in [0.3, 0.4) is 0 Å². The molecule has 0 bridgehead atoms. The van der Waals surface area contributed by atoms with E-state index < -0.39 is 0 Å². The van der Waals surface area contributed by atoms with Gasteiger partial charge < -0.3 is 0 Å². The Hall–Kier alpha value is -0.660. The van der Waals surface area contributed by atoms with Crippen LogP contribution in [0.25, 0.3) is 10.7 Å². The predicted molar refractivity (Wildman–Crippen MR) is 71.3 cm³/mol. The molecule has 0 spiro atoms. The number of hydrogen-bond acceptors (Lipinski definition) is 5. The van der Waals surface area contributed by atoms with Gasteiger partial charge in [0.2, 0.25) is 4.77 Å². The molecule has 0 fully saturated rings. The van der Waals surface area contributed by atoms with Crippen molar-refractivity contribution in [2.75, 3.05) is 5.75 Å². The lowest BCUT2D eigenvalue weighted by atomic mass is 10.5. The molecule has 0 aromatic carbocycles. The number of rotatable bonds is 5. The summed E-state index contributed by atoms with van der Waals surface area (Å²) in [5.41, 5.74) is 0. The van der Waals surface area contributed by atoms with Gasteiger partial charge in [-0.15, -0.1) is 11.3 Å². The first-order chi connectivity index (χ1) is 7.79. The third-order valence-corrected chi connectivity index (χ3v) is 4.42. The third-order valence-electron chi connectivity index (χ3n) is 1.86. The average Bonchev–Trinajstić information content (AvgIpc) is 2.87. The number of thiazole rings is 1. The zero-order valence-corrected chi connectivity index (χ0v) is 11.3. The Morgan fingerprint density at radius 1 is 1.50 bits per heavy atom. The molecule has 2 aromatic rings. The number of hydrogen-bond donors (Lipinski definition) is 2. The zero-order chi connectivity index (χ0) is 11.4. The lowest BCUT2D eigenvalue weighted by Crippen LogP contribution is -1.78. The van der Waals surface area contributed by atoms with Crippen LogP contribution in [-0.4, -0.2) is 25.9 Å². The monoisotopic (exact) mass is 272 g/mol. The fraction of sp³-hybridized carbons (Fsp3) is 0.444. The van der Waals surface area contributed by atoms with Gasteiger partial charge in [0, 0.05) is 11.9 Å². The molecule has 0 saturated heterocycles. The van der Waals surface area contributed by atoms with Crippen LogP contribution in [0.1, 0.15) is 18.4 Å². The van der Waals surface area contributed by atoms with Crippen molar-refractivity contribution in [1.82, 2.24) is 20.2 Å². The van der Waals surface area contributed by atoms with E-state index in [1.54, 1.807) is 11.3 Å². The van der Waals surface area contributed by atoms with Crippen LogP contribution in [0, 0.1) is 4.77 Å². The molecular weight excluding hydrogens is 260 g/mol. The van der Waals surface area contributed by atoms with Crippen molar-refractivity contribution in [3.8, 4) is 10.7 Å². The zero-order valence-electron chi connectivity index (χ0n) is 8.82. The van der Waals surface area contributed by atoms with E-state index >= 15 is 0 Å². The topological polar surface area (TPSA) is 57.4 Å². The van der Waals surface area contributed by atoms with E-state index in [0.717, 1.165) is 21.5 Å². The second-order valence-corrected chi connectivity index (χ2v) is 5.79. The second-order valence-electron chi connectivity index (χ2n) is 3.19. The van der Waals surface area contributed by atoms with E-state index in [1.807, 2.05) is 18.0 Å². The highest BCUT2D eigenvalue weighted by molar-refractivity contribution is 7.98. The summed E-state index contributed by atoms with van der Waals surface area (Å²) in [5, 5.41) is 6.84. The van der Waals surface area contributed by atoms with Gasteiger partial charge in [0.1, 0.15) is 5.01 Å². The maximum Gasteiger partial charge on any atom is 0.213 e. The summed E-state index contributed by atoms with van der Waals surface area (Å²) >= 11 is 8.47. The molecule has 0 radical (unpaired) electrons. The fourth-order valence-electron chi connectivity index (χ4n) is 1.18. The molecule has 0 aliphatic rings. The molecule has 2 heterocycles. The first kappa shape index (κ1) is 11.8. The molecular formula is C9H12N4S3. The quantitative estimate of drug-likeness (QED) is 0.648. The summed E-state index contributed by atoms with van der Waals surface area (Å²) in [5.74, 6) is 2.93. The highest BCUT2D eigenvalue weighted by Gasteiger charge is 2.06. The van der Waals surface area contributed by atoms with E-state index in [2.05, 4.69) is 27.1 Å². The highest BCUT2D eigenvalue weighted by Crippen LogP contribution is 2.25. The Bertz CT molecular complexity index is 499. The Balaban J connectivity index is 2.05. The lowest BCUT2D eigenvalue weighted by Gasteiger charge is -1.93. The minimum Gasteiger partial charge on any atom is -0.281 e. The smallest absolute Gasteiger partial charge is 0.213 e. The maximum atomic E-state index is 4.91. The van der Waals surface area contributed by atoms with Gasteiger partial charge in [-0.1, -0.05) is 6.92 Å². The summed E-state index contributed by atoms with van der Waals surface area (Å²) in [6.45, 7) is 2.18. The lowest BCUT2D eigenvalue weighted by molar-refractivity contribution is 1.08. The predicted octanol–water partition coefficient (Wildman–Crippen LogP) is 3.23. The van der Waals surface area contributed by atoms with Crippen LogP contribution < -0.4 is 0 Å². The minimum atomic E-state index is 0.477. The van der Waals surface area contributed by atoms with E-state index in [0.29, 0.717) is 4.77 Å². The summed E-state index contributed by atoms with van der Waals surface area (Å²) < 4.78 is 0.477. The Labute approximate surface area is 107 Å². The van der Waals surface area contributed by atoms with E-state index in [-0.39, 0.29) is 0 Å². The summed E-state index contributed by atoms with van der Waals surface area (Å²) in [7, 11) is 0. The third kappa shape index (κ3) is 2.93. The molecule has 0 saturated carbocycles. The van der Waals surface area contributed by atoms with Gasteiger partial charge in [-0.2, -0.15) is 16.7 Å². The van der Waals surface area contributed by atoms with Crippen molar-refractivity contribution in [3.05, 3.63) is 16.0 Å². The average molecular weight is 272 g/mol. The van der Waals surface area contributed by atoms with Crippen LogP contribution in [0.15, 0.2) is 6.20 Å². The summed E-state index contributed by atoms with van der Waals surface area (Å²) in [6, 6.07) is 0. The van der Waals surface area contributed by atoms with Crippen LogP contribution in [-0.2, 0) is 5.75 Å². The first-order valence-electron chi connectivity index (χ1n) is 4.97. The second kappa shape index (κ2) is 5.60. The molecule has 16 heavy (non-hydrogen) atoms. The highest BCUT2D eigenvalue weighted by atomic mass is 32.2.